The monoisotopic (exact) mass is 302 g/mol. The molecule has 0 heterocycles. The summed E-state index contributed by atoms with van der Waals surface area (Å²) in [4.78, 5) is 11.1. The normalized spacial score (nSPS) is 10.2. The maximum atomic E-state index is 11.1. The van der Waals surface area contributed by atoms with E-state index in [4.69, 9.17) is 11.6 Å². The average molecular weight is 303 g/mol. The second-order valence-corrected chi connectivity index (χ2v) is 5.30. The molecule has 0 spiro atoms. The van der Waals surface area contributed by atoms with Gasteiger partial charge in [0.25, 0.3) is 0 Å². The van der Waals surface area contributed by atoms with E-state index in [0.717, 1.165) is 30.8 Å². The van der Waals surface area contributed by atoms with Crippen molar-refractivity contribution in [1.29, 1.82) is 0 Å². The van der Waals surface area contributed by atoms with Crippen LogP contribution in [0, 0.1) is 0 Å². The van der Waals surface area contributed by atoms with E-state index in [1.807, 2.05) is 12.1 Å². The van der Waals surface area contributed by atoms with Gasteiger partial charge < -0.3 is 10.6 Å². The molecule has 0 aromatic heterocycles. The van der Waals surface area contributed by atoms with Crippen LogP contribution in [0.4, 0.5) is 11.4 Å². The standard InChI is InChI=1S/C17H19ClN2O/c1-13(21)20-15-9-10-16(18)17(12-15)19-11-5-8-14-6-3-2-4-7-14/h2-4,6-7,9-10,12,19H,5,8,11H2,1H3,(H,20,21). The van der Waals surface area contributed by atoms with Gasteiger partial charge in [-0.2, -0.15) is 0 Å². The molecular weight excluding hydrogens is 284 g/mol. The summed E-state index contributed by atoms with van der Waals surface area (Å²) in [5, 5.41) is 6.72. The van der Waals surface area contributed by atoms with Crippen molar-refractivity contribution in [2.75, 3.05) is 17.2 Å². The highest BCUT2D eigenvalue weighted by molar-refractivity contribution is 6.33. The van der Waals surface area contributed by atoms with Gasteiger partial charge in [0, 0.05) is 19.2 Å². The topological polar surface area (TPSA) is 41.1 Å². The molecule has 2 N–H and O–H groups in total. The number of aryl methyl sites for hydroxylation is 1. The molecule has 2 aromatic rings. The van der Waals surface area contributed by atoms with Crippen LogP contribution >= 0.6 is 11.6 Å². The summed E-state index contributed by atoms with van der Waals surface area (Å²) in [6.07, 6.45) is 2.04. The summed E-state index contributed by atoms with van der Waals surface area (Å²) in [7, 11) is 0. The molecule has 0 radical (unpaired) electrons. The summed E-state index contributed by atoms with van der Waals surface area (Å²) in [5.41, 5.74) is 2.92. The van der Waals surface area contributed by atoms with Crippen molar-refractivity contribution in [2.45, 2.75) is 19.8 Å². The molecule has 21 heavy (non-hydrogen) atoms. The molecule has 0 saturated carbocycles. The summed E-state index contributed by atoms with van der Waals surface area (Å²) >= 11 is 6.15. The van der Waals surface area contributed by atoms with Crippen molar-refractivity contribution >= 4 is 28.9 Å². The van der Waals surface area contributed by atoms with Gasteiger partial charge in [0.05, 0.1) is 10.7 Å². The van der Waals surface area contributed by atoms with Crippen LogP contribution in [-0.4, -0.2) is 12.5 Å². The molecular formula is C17H19ClN2O. The van der Waals surface area contributed by atoms with Crippen LogP contribution in [0.1, 0.15) is 18.9 Å². The minimum absolute atomic E-state index is 0.0904. The van der Waals surface area contributed by atoms with Crippen LogP contribution in [0.3, 0.4) is 0 Å². The summed E-state index contributed by atoms with van der Waals surface area (Å²) in [6.45, 7) is 2.32. The number of amides is 1. The predicted molar refractivity (Wildman–Crippen MR) is 89.0 cm³/mol. The lowest BCUT2D eigenvalue weighted by Crippen LogP contribution is -2.07. The highest BCUT2D eigenvalue weighted by Crippen LogP contribution is 2.25. The maximum absolute atomic E-state index is 11.1. The van der Waals surface area contributed by atoms with Gasteiger partial charge in [-0.1, -0.05) is 41.9 Å². The molecule has 0 saturated heterocycles. The van der Waals surface area contributed by atoms with Crippen molar-refractivity contribution < 1.29 is 4.79 Å². The maximum Gasteiger partial charge on any atom is 0.221 e. The second kappa shape index (κ2) is 7.70. The Morgan fingerprint density at radius 1 is 1.14 bits per heavy atom. The third kappa shape index (κ3) is 5.12. The van der Waals surface area contributed by atoms with Gasteiger partial charge in [-0.3, -0.25) is 4.79 Å². The number of carbonyl (C=O) groups excluding carboxylic acids is 1. The molecule has 0 aliphatic heterocycles. The fourth-order valence-electron chi connectivity index (χ4n) is 2.10. The van der Waals surface area contributed by atoms with E-state index in [2.05, 4.69) is 34.9 Å². The molecule has 1 amide bonds. The minimum atomic E-state index is -0.0904. The zero-order valence-electron chi connectivity index (χ0n) is 12.0. The van der Waals surface area contributed by atoms with E-state index in [1.165, 1.54) is 12.5 Å². The van der Waals surface area contributed by atoms with Gasteiger partial charge >= 0.3 is 0 Å². The number of nitrogens with one attached hydrogen (secondary N) is 2. The van der Waals surface area contributed by atoms with Gasteiger partial charge in [0.1, 0.15) is 0 Å². The molecule has 2 rings (SSSR count). The smallest absolute Gasteiger partial charge is 0.221 e. The first-order valence-electron chi connectivity index (χ1n) is 7.00. The third-order valence-corrected chi connectivity index (χ3v) is 3.42. The number of rotatable bonds is 6. The Balaban J connectivity index is 1.86. The lowest BCUT2D eigenvalue weighted by Gasteiger charge is -2.11. The van der Waals surface area contributed by atoms with E-state index in [-0.39, 0.29) is 5.91 Å². The number of hydrogen-bond acceptors (Lipinski definition) is 2. The Morgan fingerprint density at radius 3 is 2.62 bits per heavy atom. The fourth-order valence-corrected chi connectivity index (χ4v) is 2.29. The van der Waals surface area contributed by atoms with Gasteiger partial charge in [-0.05, 0) is 36.6 Å². The van der Waals surface area contributed by atoms with Gasteiger partial charge in [-0.15, -0.1) is 0 Å². The molecule has 0 aliphatic rings. The molecule has 2 aromatic carbocycles. The van der Waals surface area contributed by atoms with E-state index < -0.39 is 0 Å². The Labute approximate surface area is 130 Å². The number of hydrogen-bond donors (Lipinski definition) is 2. The van der Waals surface area contributed by atoms with Crippen LogP contribution < -0.4 is 10.6 Å². The van der Waals surface area contributed by atoms with Crippen molar-refractivity contribution in [1.82, 2.24) is 0 Å². The average Bonchev–Trinajstić information content (AvgIpc) is 2.47. The first-order chi connectivity index (χ1) is 10.1. The largest absolute Gasteiger partial charge is 0.384 e. The van der Waals surface area contributed by atoms with E-state index in [9.17, 15) is 4.79 Å². The minimum Gasteiger partial charge on any atom is -0.384 e. The second-order valence-electron chi connectivity index (χ2n) is 4.89. The predicted octanol–water partition coefficient (Wildman–Crippen LogP) is 4.34. The van der Waals surface area contributed by atoms with Crippen LogP contribution in [-0.2, 0) is 11.2 Å². The molecule has 4 heteroatoms. The SMILES string of the molecule is CC(=O)Nc1ccc(Cl)c(NCCCc2ccccc2)c1. The molecule has 3 nitrogen and oxygen atoms in total. The van der Waals surface area contributed by atoms with Crippen LogP contribution in [0.5, 0.6) is 0 Å². The Hall–Kier alpha value is -2.00. The van der Waals surface area contributed by atoms with Gasteiger partial charge in [-0.25, -0.2) is 0 Å². The third-order valence-electron chi connectivity index (χ3n) is 3.09. The van der Waals surface area contributed by atoms with Crippen LogP contribution in [0.15, 0.2) is 48.5 Å². The number of halogens is 1. The number of anilines is 2. The zero-order chi connectivity index (χ0) is 15.1. The van der Waals surface area contributed by atoms with E-state index in [1.54, 1.807) is 12.1 Å². The Kier molecular flexibility index (Phi) is 5.64. The molecule has 0 unspecified atom stereocenters. The molecule has 0 aliphatic carbocycles. The first kappa shape index (κ1) is 15.4. The molecule has 0 fully saturated rings. The highest BCUT2D eigenvalue weighted by atomic mass is 35.5. The molecule has 0 bridgehead atoms. The van der Waals surface area contributed by atoms with Crippen molar-refractivity contribution in [3.63, 3.8) is 0 Å². The Bertz CT molecular complexity index is 599. The number of carbonyl (C=O) groups is 1. The highest BCUT2D eigenvalue weighted by Gasteiger charge is 2.03. The van der Waals surface area contributed by atoms with Gasteiger partial charge in [0.15, 0.2) is 0 Å². The van der Waals surface area contributed by atoms with Crippen LogP contribution in [0.25, 0.3) is 0 Å². The quantitative estimate of drug-likeness (QED) is 0.779. The first-order valence-corrected chi connectivity index (χ1v) is 7.38. The fraction of sp³-hybridized carbons (Fsp3) is 0.235. The van der Waals surface area contributed by atoms with Gasteiger partial charge in [0.2, 0.25) is 5.91 Å². The van der Waals surface area contributed by atoms with Crippen LogP contribution in [0.2, 0.25) is 5.02 Å². The lowest BCUT2D eigenvalue weighted by molar-refractivity contribution is -0.114. The molecule has 110 valence electrons. The number of benzene rings is 2. The summed E-state index contributed by atoms with van der Waals surface area (Å²) < 4.78 is 0. The van der Waals surface area contributed by atoms with E-state index >= 15 is 0 Å². The van der Waals surface area contributed by atoms with Crippen molar-refractivity contribution in [3.05, 3.63) is 59.1 Å². The van der Waals surface area contributed by atoms with E-state index in [0.29, 0.717) is 5.02 Å². The summed E-state index contributed by atoms with van der Waals surface area (Å²) in [6, 6.07) is 15.8. The summed E-state index contributed by atoms with van der Waals surface area (Å²) in [5.74, 6) is -0.0904. The van der Waals surface area contributed by atoms with Crippen molar-refractivity contribution in [3.8, 4) is 0 Å². The van der Waals surface area contributed by atoms with Crippen molar-refractivity contribution in [2.24, 2.45) is 0 Å². The zero-order valence-corrected chi connectivity index (χ0v) is 12.8. The lowest BCUT2D eigenvalue weighted by atomic mass is 10.1. The molecule has 0 atom stereocenters. The Morgan fingerprint density at radius 2 is 1.90 bits per heavy atom.